The highest BCUT2D eigenvalue weighted by atomic mass is 79.9. The third-order valence-corrected chi connectivity index (χ3v) is 4.10. The molecular formula is C16H10BrClN2. The van der Waals surface area contributed by atoms with Crippen LogP contribution in [0.3, 0.4) is 0 Å². The van der Waals surface area contributed by atoms with E-state index in [1.165, 1.54) is 5.39 Å². The highest BCUT2D eigenvalue weighted by Gasteiger charge is 2.06. The van der Waals surface area contributed by atoms with Crippen LogP contribution in [0.5, 0.6) is 0 Å². The summed E-state index contributed by atoms with van der Waals surface area (Å²) in [6.07, 6.45) is 2.05. The van der Waals surface area contributed by atoms with E-state index in [4.69, 9.17) is 16.9 Å². The standard InChI is InChI=1S/C16H10BrClN2/c17-14-3-4-16-12(8-14)5-6-20(16)10-13-2-1-11(9-19)7-15(13)18/h1-8H,10H2. The van der Waals surface area contributed by atoms with Gasteiger partial charge in [0.25, 0.3) is 0 Å². The van der Waals surface area contributed by atoms with Crippen LogP contribution in [0.2, 0.25) is 5.02 Å². The summed E-state index contributed by atoms with van der Waals surface area (Å²) in [5, 5.41) is 10.7. The van der Waals surface area contributed by atoms with E-state index in [0.29, 0.717) is 17.1 Å². The van der Waals surface area contributed by atoms with Gasteiger partial charge < -0.3 is 4.57 Å². The Hall–Kier alpha value is -1.76. The monoisotopic (exact) mass is 344 g/mol. The van der Waals surface area contributed by atoms with E-state index >= 15 is 0 Å². The van der Waals surface area contributed by atoms with Crippen LogP contribution in [0, 0.1) is 11.3 Å². The first-order chi connectivity index (χ1) is 9.67. The van der Waals surface area contributed by atoms with E-state index in [9.17, 15) is 0 Å². The molecule has 0 amide bonds. The minimum atomic E-state index is 0.583. The Kier molecular flexibility index (Phi) is 3.52. The van der Waals surface area contributed by atoms with Crippen molar-refractivity contribution in [3.05, 3.63) is 69.3 Å². The lowest BCUT2D eigenvalue weighted by molar-refractivity contribution is 0.837. The Morgan fingerprint density at radius 2 is 2.00 bits per heavy atom. The first kappa shape index (κ1) is 13.2. The van der Waals surface area contributed by atoms with E-state index < -0.39 is 0 Å². The highest BCUT2D eigenvalue weighted by Crippen LogP contribution is 2.24. The molecule has 0 fully saturated rings. The second-order valence-corrected chi connectivity index (χ2v) is 5.89. The van der Waals surface area contributed by atoms with Gasteiger partial charge in [0.05, 0.1) is 11.6 Å². The highest BCUT2D eigenvalue weighted by molar-refractivity contribution is 9.10. The van der Waals surface area contributed by atoms with Crippen molar-refractivity contribution in [1.82, 2.24) is 4.57 Å². The lowest BCUT2D eigenvalue weighted by Gasteiger charge is -2.08. The fourth-order valence-corrected chi connectivity index (χ4v) is 2.86. The van der Waals surface area contributed by atoms with Crippen LogP contribution in [0.15, 0.2) is 53.1 Å². The van der Waals surface area contributed by atoms with Crippen LogP contribution in [-0.2, 0) is 6.54 Å². The van der Waals surface area contributed by atoms with Crippen LogP contribution >= 0.6 is 27.5 Å². The van der Waals surface area contributed by atoms with Gasteiger partial charge in [0, 0.05) is 33.1 Å². The maximum atomic E-state index is 8.86. The predicted molar refractivity (Wildman–Crippen MR) is 84.9 cm³/mol. The van der Waals surface area contributed by atoms with Gasteiger partial charge in [0.15, 0.2) is 0 Å². The van der Waals surface area contributed by atoms with Crippen molar-refractivity contribution < 1.29 is 0 Å². The molecule has 0 aliphatic rings. The number of hydrogen-bond donors (Lipinski definition) is 0. The number of rotatable bonds is 2. The zero-order valence-electron chi connectivity index (χ0n) is 10.5. The summed E-state index contributed by atoms with van der Waals surface area (Å²) in [5.74, 6) is 0. The molecule has 4 heteroatoms. The normalized spacial score (nSPS) is 10.7. The molecule has 98 valence electrons. The molecule has 0 saturated heterocycles. The van der Waals surface area contributed by atoms with Crippen LogP contribution < -0.4 is 0 Å². The van der Waals surface area contributed by atoms with Crippen molar-refractivity contribution >= 4 is 38.4 Å². The largest absolute Gasteiger partial charge is 0.343 e. The van der Waals surface area contributed by atoms with Crippen LogP contribution in [0.25, 0.3) is 10.9 Å². The molecule has 0 N–H and O–H groups in total. The number of benzene rings is 2. The maximum absolute atomic E-state index is 8.86. The van der Waals surface area contributed by atoms with E-state index in [2.05, 4.69) is 44.8 Å². The van der Waals surface area contributed by atoms with E-state index in [0.717, 1.165) is 15.6 Å². The number of halogens is 2. The molecule has 0 atom stereocenters. The van der Waals surface area contributed by atoms with Gasteiger partial charge in [0.1, 0.15) is 0 Å². The number of hydrogen-bond acceptors (Lipinski definition) is 1. The molecule has 20 heavy (non-hydrogen) atoms. The molecule has 1 aromatic heterocycles. The first-order valence-electron chi connectivity index (χ1n) is 6.10. The van der Waals surface area contributed by atoms with Crippen molar-refractivity contribution in [2.45, 2.75) is 6.54 Å². The van der Waals surface area contributed by atoms with Gasteiger partial charge in [-0.3, -0.25) is 0 Å². The fourth-order valence-electron chi connectivity index (χ4n) is 2.24. The average Bonchev–Trinajstić information content (AvgIpc) is 2.83. The third-order valence-electron chi connectivity index (χ3n) is 3.26. The van der Waals surface area contributed by atoms with Crippen molar-refractivity contribution in [2.24, 2.45) is 0 Å². The molecular weight excluding hydrogens is 336 g/mol. The molecule has 0 saturated carbocycles. The molecule has 2 aromatic carbocycles. The summed E-state index contributed by atoms with van der Waals surface area (Å²) < 4.78 is 3.22. The lowest BCUT2D eigenvalue weighted by Crippen LogP contribution is -1.98. The summed E-state index contributed by atoms with van der Waals surface area (Å²) >= 11 is 9.70. The number of nitriles is 1. The van der Waals surface area contributed by atoms with Crippen LogP contribution in [0.1, 0.15) is 11.1 Å². The smallest absolute Gasteiger partial charge is 0.0992 e. The van der Waals surface area contributed by atoms with Gasteiger partial charge in [-0.05, 0) is 42.0 Å². The topological polar surface area (TPSA) is 28.7 Å². The van der Waals surface area contributed by atoms with Crippen molar-refractivity contribution in [2.75, 3.05) is 0 Å². The molecule has 3 rings (SSSR count). The number of fused-ring (bicyclic) bond motifs is 1. The van der Waals surface area contributed by atoms with Gasteiger partial charge >= 0.3 is 0 Å². The summed E-state index contributed by atoms with van der Waals surface area (Å²) in [5.41, 5.74) is 2.75. The Morgan fingerprint density at radius 1 is 1.15 bits per heavy atom. The second kappa shape index (κ2) is 5.32. The first-order valence-corrected chi connectivity index (χ1v) is 7.27. The van der Waals surface area contributed by atoms with Gasteiger partial charge in [-0.2, -0.15) is 5.26 Å². The van der Waals surface area contributed by atoms with Gasteiger partial charge in [0.2, 0.25) is 0 Å². The molecule has 0 spiro atoms. The summed E-state index contributed by atoms with van der Waals surface area (Å²) in [4.78, 5) is 0. The second-order valence-electron chi connectivity index (χ2n) is 4.56. The van der Waals surface area contributed by atoms with Crippen molar-refractivity contribution in [3.63, 3.8) is 0 Å². The Labute approximate surface area is 130 Å². The van der Waals surface area contributed by atoms with Gasteiger partial charge in [-0.1, -0.05) is 33.6 Å². The molecule has 0 aliphatic heterocycles. The zero-order chi connectivity index (χ0) is 14.1. The van der Waals surface area contributed by atoms with Crippen molar-refractivity contribution in [1.29, 1.82) is 5.26 Å². The zero-order valence-corrected chi connectivity index (χ0v) is 12.8. The quantitative estimate of drug-likeness (QED) is 0.644. The summed E-state index contributed by atoms with van der Waals surface area (Å²) in [6, 6.07) is 15.8. The summed E-state index contributed by atoms with van der Waals surface area (Å²) in [7, 11) is 0. The van der Waals surface area contributed by atoms with E-state index in [-0.39, 0.29) is 0 Å². The molecule has 2 nitrogen and oxygen atoms in total. The maximum Gasteiger partial charge on any atom is 0.0992 e. The number of nitrogens with zero attached hydrogens (tertiary/aromatic N) is 2. The van der Waals surface area contributed by atoms with Gasteiger partial charge in [-0.25, -0.2) is 0 Å². The van der Waals surface area contributed by atoms with Gasteiger partial charge in [-0.15, -0.1) is 0 Å². The molecule has 1 heterocycles. The Morgan fingerprint density at radius 3 is 2.75 bits per heavy atom. The Balaban J connectivity index is 1.99. The minimum Gasteiger partial charge on any atom is -0.343 e. The third kappa shape index (κ3) is 2.45. The minimum absolute atomic E-state index is 0.583. The van der Waals surface area contributed by atoms with Crippen molar-refractivity contribution in [3.8, 4) is 6.07 Å². The predicted octanol–water partition coefficient (Wildman–Crippen LogP) is 4.98. The molecule has 0 radical (unpaired) electrons. The fraction of sp³-hybridized carbons (Fsp3) is 0.0625. The summed E-state index contributed by atoms with van der Waals surface area (Å²) in [6.45, 7) is 0.690. The van der Waals surface area contributed by atoms with Crippen LogP contribution in [0.4, 0.5) is 0 Å². The lowest BCUT2D eigenvalue weighted by atomic mass is 10.1. The van der Waals surface area contributed by atoms with E-state index in [1.54, 1.807) is 12.1 Å². The van der Waals surface area contributed by atoms with E-state index in [1.807, 2.05) is 18.3 Å². The SMILES string of the molecule is N#Cc1ccc(Cn2ccc3cc(Br)ccc32)c(Cl)c1. The molecule has 0 unspecified atom stereocenters. The Bertz CT molecular complexity index is 830. The molecule has 0 bridgehead atoms. The average molecular weight is 346 g/mol. The molecule has 0 aliphatic carbocycles. The van der Waals surface area contributed by atoms with Crippen LogP contribution in [-0.4, -0.2) is 4.57 Å². The molecule has 3 aromatic rings. The number of aromatic nitrogens is 1.